The SMILES string of the molecule is Cc1cc(N)nc(-c2cc3nc(OCC45CCCN4CC(F)C5)nc(N4CC5CCC(C(F)F)(C4)N5)c3cn2)c1C(F)(F)F. The number of rotatable bonds is 6. The number of nitrogens with zero attached hydrogens (tertiary/aromatic N) is 6. The quantitative estimate of drug-likeness (QED) is 0.384. The van der Waals surface area contributed by atoms with Crippen LogP contribution < -0.4 is 20.7 Å². The molecule has 4 aliphatic rings. The smallest absolute Gasteiger partial charge is 0.418 e. The highest BCUT2D eigenvalue weighted by molar-refractivity contribution is 5.91. The van der Waals surface area contributed by atoms with Gasteiger partial charge in [-0.3, -0.25) is 9.88 Å². The van der Waals surface area contributed by atoms with E-state index in [-0.39, 0.29) is 47.8 Å². The van der Waals surface area contributed by atoms with Crippen LogP contribution in [0.15, 0.2) is 18.3 Å². The molecule has 0 aromatic carbocycles. The van der Waals surface area contributed by atoms with Gasteiger partial charge in [0.1, 0.15) is 30.1 Å². The molecular formula is C29H32F6N8O. The predicted octanol–water partition coefficient (Wildman–Crippen LogP) is 4.53. The van der Waals surface area contributed by atoms with Crippen molar-refractivity contribution in [1.82, 2.24) is 30.2 Å². The summed E-state index contributed by atoms with van der Waals surface area (Å²) in [6.07, 6.45) is -4.15. The van der Waals surface area contributed by atoms with Gasteiger partial charge in [-0.25, -0.2) is 18.2 Å². The highest BCUT2D eigenvalue weighted by Crippen LogP contribution is 2.43. The molecule has 0 amide bonds. The van der Waals surface area contributed by atoms with Crippen molar-refractivity contribution in [2.45, 2.75) is 74.9 Å². The zero-order valence-corrected chi connectivity index (χ0v) is 24.0. The molecule has 4 atom stereocenters. The van der Waals surface area contributed by atoms with Crippen LogP contribution in [0.4, 0.5) is 38.0 Å². The number of hydrogen-bond acceptors (Lipinski definition) is 9. The Morgan fingerprint density at radius 1 is 1.16 bits per heavy atom. The van der Waals surface area contributed by atoms with Gasteiger partial charge in [0.05, 0.1) is 33.2 Å². The van der Waals surface area contributed by atoms with Crippen LogP contribution in [-0.2, 0) is 6.18 Å². The van der Waals surface area contributed by atoms with Crippen molar-refractivity contribution >= 4 is 22.5 Å². The van der Waals surface area contributed by atoms with Gasteiger partial charge in [0.25, 0.3) is 6.43 Å². The fraction of sp³-hybridized carbons (Fsp3) is 0.586. The lowest BCUT2D eigenvalue weighted by molar-refractivity contribution is -0.137. The minimum atomic E-state index is -4.73. The van der Waals surface area contributed by atoms with Crippen LogP contribution in [0.25, 0.3) is 22.3 Å². The summed E-state index contributed by atoms with van der Waals surface area (Å²) in [6.45, 7) is 2.85. The average molecular weight is 623 g/mol. The maximum atomic E-state index is 14.4. The Balaban J connectivity index is 1.33. The van der Waals surface area contributed by atoms with Crippen LogP contribution in [0.2, 0.25) is 0 Å². The van der Waals surface area contributed by atoms with Crippen molar-refractivity contribution < 1.29 is 31.1 Å². The molecule has 44 heavy (non-hydrogen) atoms. The summed E-state index contributed by atoms with van der Waals surface area (Å²) >= 11 is 0. The number of nitrogens with two attached hydrogens (primary N) is 1. The molecule has 4 unspecified atom stereocenters. The van der Waals surface area contributed by atoms with Crippen LogP contribution in [0.1, 0.15) is 43.2 Å². The Bertz CT molecular complexity index is 1610. The molecular weight excluding hydrogens is 590 g/mol. The van der Waals surface area contributed by atoms with E-state index in [0.717, 1.165) is 25.5 Å². The highest BCUT2D eigenvalue weighted by Gasteiger charge is 2.52. The second kappa shape index (κ2) is 10.3. The molecule has 7 rings (SSSR count). The number of alkyl halides is 6. The lowest BCUT2D eigenvalue weighted by Crippen LogP contribution is -2.63. The minimum Gasteiger partial charge on any atom is -0.461 e. The normalized spacial score (nSPS) is 28.8. The summed E-state index contributed by atoms with van der Waals surface area (Å²) in [5.41, 5.74) is 2.49. The van der Waals surface area contributed by atoms with Gasteiger partial charge in [-0.2, -0.15) is 23.1 Å². The number of hydrogen-bond donors (Lipinski definition) is 2. The third-order valence-corrected chi connectivity index (χ3v) is 9.60. The zero-order chi connectivity index (χ0) is 31.0. The number of nitrogens with one attached hydrogen (secondary N) is 1. The van der Waals surface area contributed by atoms with Crippen LogP contribution in [-0.4, -0.2) is 87.3 Å². The molecule has 9 nitrogen and oxygen atoms in total. The lowest BCUT2D eigenvalue weighted by atomic mass is 9.95. The standard InChI is InChI=1S/C29H32F6N8O/c1-15-7-21(36)39-23(22(15)29(33,34)35)20-8-19-18(10-37-20)24(42-12-17-3-5-28(13-42,41-17)25(31)32)40-26(38-19)44-14-27-4-2-6-43(27)11-16(30)9-27/h7-8,10,16-17,25,41H,2-6,9,11-14H2,1H3,(H2,36,39). The molecule has 7 heterocycles. The summed E-state index contributed by atoms with van der Waals surface area (Å²) in [5, 5.41) is 3.44. The summed E-state index contributed by atoms with van der Waals surface area (Å²) in [5.74, 6) is 0.197. The molecule has 0 aliphatic carbocycles. The number of fused-ring (bicyclic) bond motifs is 4. The highest BCUT2D eigenvalue weighted by atomic mass is 19.4. The number of halogens is 6. The Labute approximate surface area is 249 Å². The Kier molecular flexibility index (Phi) is 6.84. The topological polar surface area (TPSA) is 105 Å². The van der Waals surface area contributed by atoms with Gasteiger partial charge in [0, 0.05) is 38.3 Å². The van der Waals surface area contributed by atoms with E-state index in [1.807, 2.05) is 0 Å². The maximum Gasteiger partial charge on any atom is 0.418 e. The number of aromatic nitrogens is 4. The molecule has 236 valence electrons. The summed E-state index contributed by atoms with van der Waals surface area (Å²) < 4.78 is 91.4. The number of ether oxygens (including phenoxy) is 1. The molecule has 2 bridgehead atoms. The van der Waals surface area contributed by atoms with Gasteiger partial charge in [-0.15, -0.1) is 0 Å². The first kappa shape index (κ1) is 29.3. The first-order valence-electron chi connectivity index (χ1n) is 14.7. The number of anilines is 2. The first-order valence-corrected chi connectivity index (χ1v) is 14.7. The Morgan fingerprint density at radius 2 is 1.98 bits per heavy atom. The number of piperazine rings is 1. The van der Waals surface area contributed by atoms with E-state index >= 15 is 0 Å². The molecule has 4 saturated heterocycles. The summed E-state index contributed by atoms with van der Waals surface area (Å²) in [6, 6.07) is 2.24. The van der Waals surface area contributed by atoms with Gasteiger partial charge >= 0.3 is 12.2 Å². The zero-order valence-electron chi connectivity index (χ0n) is 24.0. The van der Waals surface area contributed by atoms with Crippen molar-refractivity contribution in [3.8, 4) is 17.4 Å². The van der Waals surface area contributed by atoms with Crippen molar-refractivity contribution in [3.63, 3.8) is 0 Å². The van der Waals surface area contributed by atoms with Crippen molar-refractivity contribution in [2.75, 3.05) is 43.4 Å². The fourth-order valence-electron chi connectivity index (χ4n) is 7.63. The number of aryl methyl sites for hydroxylation is 1. The monoisotopic (exact) mass is 622 g/mol. The lowest BCUT2D eigenvalue weighted by Gasteiger charge is -2.41. The third-order valence-electron chi connectivity index (χ3n) is 9.60. The van der Waals surface area contributed by atoms with Crippen molar-refractivity contribution in [2.24, 2.45) is 0 Å². The van der Waals surface area contributed by atoms with Gasteiger partial charge in [-0.1, -0.05) is 0 Å². The number of pyridine rings is 2. The van der Waals surface area contributed by atoms with E-state index in [0.29, 0.717) is 43.6 Å². The third kappa shape index (κ3) is 4.88. The second-order valence-electron chi connectivity index (χ2n) is 12.6. The maximum absolute atomic E-state index is 14.4. The predicted molar refractivity (Wildman–Crippen MR) is 150 cm³/mol. The van der Waals surface area contributed by atoms with E-state index in [1.54, 1.807) is 4.90 Å². The van der Waals surface area contributed by atoms with Crippen molar-refractivity contribution in [1.29, 1.82) is 0 Å². The van der Waals surface area contributed by atoms with Crippen molar-refractivity contribution in [3.05, 3.63) is 29.5 Å². The molecule has 15 heteroatoms. The van der Waals surface area contributed by atoms with E-state index in [4.69, 9.17) is 10.5 Å². The minimum absolute atomic E-state index is 0.0378. The molecule has 3 aromatic rings. The average Bonchev–Trinajstić information content (AvgIpc) is 3.59. The molecule has 4 aliphatic heterocycles. The molecule has 0 saturated carbocycles. The van der Waals surface area contributed by atoms with Crippen LogP contribution in [0.5, 0.6) is 6.01 Å². The van der Waals surface area contributed by atoms with Gasteiger partial charge < -0.3 is 20.7 Å². The Hall–Kier alpha value is -3.46. The van der Waals surface area contributed by atoms with E-state index in [2.05, 4.69) is 30.2 Å². The van der Waals surface area contributed by atoms with Gasteiger partial charge in [0.2, 0.25) is 0 Å². The molecule has 0 spiro atoms. The van der Waals surface area contributed by atoms with E-state index in [1.165, 1.54) is 19.2 Å². The summed E-state index contributed by atoms with van der Waals surface area (Å²) in [4.78, 5) is 21.3. The van der Waals surface area contributed by atoms with E-state index in [9.17, 15) is 26.3 Å². The van der Waals surface area contributed by atoms with Crippen LogP contribution >= 0.6 is 0 Å². The molecule has 0 radical (unpaired) electrons. The van der Waals surface area contributed by atoms with Crippen LogP contribution in [0.3, 0.4) is 0 Å². The Morgan fingerprint density at radius 3 is 2.75 bits per heavy atom. The first-order chi connectivity index (χ1) is 20.9. The van der Waals surface area contributed by atoms with Crippen LogP contribution in [0, 0.1) is 6.92 Å². The van der Waals surface area contributed by atoms with E-state index < -0.39 is 41.1 Å². The van der Waals surface area contributed by atoms with Gasteiger partial charge in [0.15, 0.2) is 0 Å². The summed E-state index contributed by atoms with van der Waals surface area (Å²) in [7, 11) is 0. The fourth-order valence-corrected chi connectivity index (χ4v) is 7.63. The molecule has 3 N–H and O–H groups in total. The molecule has 4 fully saturated rings. The molecule has 3 aromatic heterocycles. The number of nitrogen functional groups attached to an aromatic ring is 1. The second-order valence-corrected chi connectivity index (χ2v) is 12.6. The van der Waals surface area contributed by atoms with Gasteiger partial charge in [-0.05, 0) is 56.8 Å². The largest absolute Gasteiger partial charge is 0.461 e.